The molecule has 5 aromatic rings. The molecule has 11 heteroatoms. The third kappa shape index (κ3) is 5.78. The van der Waals surface area contributed by atoms with Crippen molar-refractivity contribution < 1.29 is 32.5 Å². The van der Waals surface area contributed by atoms with Gasteiger partial charge in [0.1, 0.15) is 35.6 Å². The number of ether oxygens (including phenoxy) is 2. The Morgan fingerprint density at radius 2 is 1.79 bits per heavy atom. The average molecular weight is 585 g/mol. The minimum atomic E-state index is -1.06. The zero-order valence-corrected chi connectivity index (χ0v) is 22.6. The Balaban J connectivity index is 1.25. The summed E-state index contributed by atoms with van der Waals surface area (Å²) in [7, 11) is 0. The number of fused-ring (bicyclic) bond motifs is 1. The molecule has 0 amide bonds. The highest BCUT2D eigenvalue weighted by Gasteiger charge is 2.23. The van der Waals surface area contributed by atoms with Crippen molar-refractivity contribution in [2.75, 3.05) is 6.61 Å². The van der Waals surface area contributed by atoms with Gasteiger partial charge in [-0.15, -0.1) is 0 Å². The highest BCUT2D eigenvalue weighted by atomic mass is 19.1. The van der Waals surface area contributed by atoms with E-state index in [-0.39, 0.29) is 53.1 Å². The maximum Gasteiger partial charge on any atom is 0.335 e. The second-order valence-electron chi connectivity index (χ2n) is 10.1. The molecule has 1 N–H and O–H groups in total. The molecule has 0 bridgehead atoms. The lowest BCUT2D eigenvalue weighted by atomic mass is 10.0. The van der Waals surface area contributed by atoms with Crippen LogP contribution in [-0.4, -0.2) is 38.3 Å². The van der Waals surface area contributed by atoms with Gasteiger partial charge in [-0.2, -0.15) is 0 Å². The van der Waals surface area contributed by atoms with Crippen molar-refractivity contribution in [1.82, 2.24) is 14.5 Å². The summed E-state index contributed by atoms with van der Waals surface area (Å²) >= 11 is 0. The van der Waals surface area contributed by atoms with Gasteiger partial charge in [0.25, 0.3) is 0 Å². The molecule has 8 nitrogen and oxygen atoms in total. The van der Waals surface area contributed by atoms with Gasteiger partial charge in [-0.1, -0.05) is 24.3 Å². The van der Waals surface area contributed by atoms with Gasteiger partial charge in [-0.3, -0.25) is 0 Å². The standard InChI is InChI=1S/C32H23F3N4O4/c1-36-22-6-4-21(26(35)15-22)17-43-30-9-7-24(33)31(38-30)19-3-2-18(25(34)12-19)14-29-37-27-8-5-20(32(40)41)13-28(27)39(29)16-23-10-11-42-23/h2-9,12-13,15,23H,10-11,14,16-17H2,(H,40,41)/t23-/m0/s1. The second kappa shape index (κ2) is 11.6. The van der Waals surface area contributed by atoms with Crippen molar-refractivity contribution >= 4 is 22.7 Å². The van der Waals surface area contributed by atoms with Crippen LogP contribution in [0.5, 0.6) is 5.88 Å². The summed E-state index contributed by atoms with van der Waals surface area (Å²) in [6, 6.07) is 15.3. The Bertz CT molecular complexity index is 1910. The molecule has 0 radical (unpaired) electrons. The SMILES string of the molecule is [C-]#[N+]c1ccc(COc2ccc(F)c(-c3ccc(Cc4nc5ccc(C(=O)O)cc5n4C[C@@H]4CCO4)c(F)c3)n2)c(F)c1. The highest BCUT2D eigenvalue weighted by Crippen LogP contribution is 2.29. The van der Waals surface area contributed by atoms with Crippen LogP contribution in [0.3, 0.4) is 0 Å². The first-order valence-electron chi connectivity index (χ1n) is 13.4. The molecule has 216 valence electrons. The van der Waals surface area contributed by atoms with Crippen molar-refractivity contribution in [3.63, 3.8) is 0 Å². The average Bonchev–Trinajstić information content (AvgIpc) is 3.31. The summed E-state index contributed by atoms with van der Waals surface area (Å²) in [6.45, 7) is 7.87. The number of aromatic nitrogens is 3. The summed E-state index contributed by atoms with van der Waals surface area (Å²) in [4.78, 5) is 23.6. The second-order valence-corrected chi connectivity index (χ2v) is 10.1. The van der Waals surface area contributed by atoms with Crippen LogP contribution in [0.1, 0.15) is 33.7 Å². The molecule has 1 atom stereocenters. The maximum atomic E-state index is 15.4. The summed E-state index contributed by atoms with van der Waals surface area (Å²) in [5.41, 5.74) is 2.03. The zero-order valence-electron chi connectivity index (χ0n) is 22.6. The summed E-state index contributed by atoms with van der Waals surface area (Å²) in [5.74, 6) is -2.40. The minimum absolute atomic E-state index is 0.0159. The van der Waals surface area contributed by atoms with E-state index in [9.17, 15) is 18.7 Å². The molecule has 0 spiro atoms. The summed E-state index contributed by atoms with van der Waals surface area (Å²) in [5, 5.41) is 9.45. The van der Waals surface area contributed by atoms with E-state index in [0.717, 1.165) is 18.6 Å². The molecule has 0 saturated carbocycles. The molecule has 0 aliphatic carbocycles. The van der Waals surface area contributed by atoms with Crippen molar-refractivity contribution in [1.29, 1.82) is 0 Å². The van der Waals surface area contributed by atoms with Gasteiger partial charge in [0.05, 0.1) is 35.8 Å². The number of hydrogen-bond acceptors (Lipinski definition) is 5. The van der Waals surface area contributed by atoms with E-state index in [1.165, 1.54) is 36.4 Å². The van der Waals surface area contributed by atoms with Crippen LogP contribution < -0.4 is 4.74 Å². The van der Waals surface area contributed by atoms with Crippen LogP contribution in [0.4, 0.5) is 18.9 Å². The molecule has 2 aromatic heterocycles. The Kier molecular flexibility index (Phi) is 7.52. The van der Waals surface area contributed by atoms with Crippen molar-refractivity contribution in [2.24, 2.45) is 0 Å². The van der Waals surface area contributed by atoms with Gasteiger partial charge in [0.2, 0.25) is 5.88 Å². The van der Waals surface area contributed by atoms with Crippen LogP contribution in [0, 0.1) is 24.0 Å². The van der Waals surface area contributed by atoms with Crippen LogP contribution in [0.25, 0.3) is 27.1 Å². The number of halogens is 3. The first-order chi connectivity index (χ1) is 20.8. The van der Waals surface area contributed by atoms with Gasteiger partial charge < -0.3 is 19.1 Å². The van der Waals surface area contributed by atoms with E-state index in [1.807, 2.05) is 4.57 Å². The van der Waals surface area contributed by atoms with Crippen LogP contribution >= 0.6 is 0 Å². The van der Waals surface area contributed by atoms with Crippen LogP contribution in [-0.2, 0) is 24.3 Å². The summed E-state index contributed by atoms with van der Waals surface area (Å²) < 4.78 is 57.4. The lowest BCUT2D eigenvalue weighted by molar-refractivity contribution is -0.0589. The minimum Gasteiger partial charge on any atom is -0.478 e. The molecular weight excluding hydrogens is 561 g/mol. The lowest BCUT2D eigenvalue weighted by Gasteiger charge is -2.27. The number of hydrogen-bond donors (Lipinski definition) is 1. The van der Waals surface area contributed by atoms with E-state index in [4.69, 9.17) is 16.0 Å². The molecule has 3 aromatic carbocycles. The number of carboxylic acids is 1. The molecule has 3 heterocycles. The predicted molar refractivity (Wildman–Crippen MR) is 150 cm³/mol. The first-order valence-corrected chi connectivity index (χ1v) is 13.4. The Morgan fingerprint density at radius 1 is 1.00 bits per heavy atom. The van der Waals surface area contributed by atoms with E-state index in [0.29, 0.717) is 35.6 Å². The molecule has 1 fully saturated rings. The van der Waals surface area contributed by atoms with E-state index < -0.39 is 23.4 Å². The van der Waals surface area contributed by atoms with Gasteiger partial charge >= 0.3 is 5.97 Å². The fourth-order valence-corrected chi connectivity index (χ4v) is 4.87. The van der Waals surface area contributed by atoms with Gasteiger partial charge in [-0.05, 0) is 48.4 Å². The highest BCUT2D eigenvalue weighted by molar-refractivity contribution is 5.92. The fraction of sp³-hybridized carbons (Fsp3) is 0.188. The quantitative estimate of drug-likeness (QED) is 0.194. The normalized spacial score (nSPS) is 14.3. The Morgan fingerprint density at radius 3 is 2.49 bits per heavy atom. The topological polar surface area (TPSA) is 90.8 Å². The van der Waals surface area contributed by atoms with Gasteiger partial charge in [-0.25, -0.2) is 32.8 Å². The number of nitrogens with zero attached hydrogens (tertiary/aromatic N) is 4. The predicted octanol–water partition coefficient (Wildman–Crippen LogP) is 6.72. The number of benzene rings is 3. The molecule has 1 aliphatic rings. The maximum absolute atomic E-state index is 15.4. The number of pyridine rings is 1. The monoisotopic (exact) mass is 584 g/mol. The zero-order chi connectivity index (χ0) is 30.1. The van der Waals surface area contributed by atoms with Crippen molar-refractivity contribution in [2.45, 2.75) is 32.1 Å². The fourth-order valence-electron chi connectivity index (χ4n) is 4.87. The molecule has 43 heavy (non-hydrogen) atoms. The molecule has 0 unspecified atom stereocenters. The molecule has 1 saturated heterocycles. The number of aromatic carboxylic acids is 1. The van der Waals surface area contributed by atoms with Crippen LogP contribution in [0.2, 0.25) is 0 Å². The lowest BCUT2D eigenvalue weighted by Crippen LogP contribution is -2.31. The molecular formula is C32H23F3N4O4. The third-order valence-electron chi connectivity index (χ3n) is 7.29. The third-order valence-corrected chi connectivity index (χ3v) is 7.29. The van der Waals surface area contributed by atoms with E-state index >= 15 is 4.39 Å². The Hall–Kier alpha value is -5.21. The largest absolute Gasteiger partial charge is 0.478 e. The number of imidazole rings is 1. The number of rotatable bonds is 9. The molecule has 6 rings (SSSR count). The number of carboxylic acid groups (broad SMARTS) is 1. The Labute approximate surface area is 243 Å². The smallest absolute Gasteiger partial charge is 0.335 e. The van der Waals surface area contributed by atoms with Gasteiger partial charge in [0.15, 0.2) is 5.69 Å². The first kappa shape index (κ1) is 27.9. The van der Waals surface area contributed by atoms with Crippen LogP contribution in [0.15, 0.2) is 66.7 Å². The van der Waals surface area contributed by atoms with Gasteiger partial charge in [0, 0.05) is 30.2 Å². The van der Waals surface area contributed by atoms with E-state index in [1.54, 1.807) is 18.2 Å². The van der Waals surface area contributed by atoms with Crippen molar-refractivity contribution in [3.05, 3.63) is 118 Å². The van der Waals surface area contributed by atoms with E-state index in [2.05, 4.69) is 14.8 Å². The summed E-state index contributed by atoms with van der Waals surface area (Å²) in [6.07, 6.45) is 0.910. The van der Waals surface area contributed by atoms with Crippen molar-refractivity contribution in [3.8, 4) is 17.1 Å². The molecule has 1 aliphatic heterocycles. The number of carbonyl (C=O) groups is 1.